The fourth-order valence-corrected chi connectivity index (χ4v) is 3.24. The molecule has 0 saturated carbocycles. The Morgan fingerprint density at radius 2 is 2.23 bits per heavy atom. The third-order valence-electron chi connectivity index (χ3n) is 3.48. The van der Waals surface area contributed by atoms with Crippen LogP contribution in [-0.4, -0.2) is 35.8 Å². The number of hydrogen-bond donors (Lipinski definition) is 0. The van der Waals surface area contributed by atoms with E-state index in [4.69, 9.17) is 4.74 Å². The second kappa shape index (κ2) is 6.95. The van der Waals surface area contributed by atoms with E-state index < -0.39 is 18.6 Å². The first kappa shape index (κ1) is 17.2. The second-order valence-corrected chi connectivity index (χ2v) is 6.39. The maximum absolute atomic E-state index is 12.7. The molecule has 4 nitrogen and oxygen atoms in total. The number of alkyl halides is 3. The van der Waals surface area contributed by atoms with Gasteiger partial charge in [0.05, 0.1) is 17.9 Å². The molecule has 1 aliphatic rings. The zero-order valence-corrected chi connectivity index (χ0v) is 13.3. The van der Waals surface area contributed by atoms with Crippen molar-refractivity contribution in [3.05, 3.63) is 11.1 Å². The molecule has 1 saturated heterocycles. The molecule has 1 aromatic heterocycles. The number of ether oxygens (including phenoxy) is 1. The van der Waals surface area contributed by atoms with Crippen molar-refractivity contribution in [2.75, 3.05) is 11.4 Å². The van der Waals surface area contributed by atoms with Crippen LogP contribution < -0.4 is 4.90 Å². The standard InChI is InChI=1S/C14H19F3N2O2S/c1-9-7-22-13(18-9)19(8-14(15,16)17)12(20)6-5-11-4-3-10(2)21-11/h7,10-11H,3-6,8H2,1-2H3/t10-,11+/m0/s1. The lowest BCUT2D eigenvalue weighted by Gasteiger charge is -2.22. The van der Waals surface area contributed by atoms with Gasteiger partial charge in [-0.1, -0.05) is 0 Å². The Morgan fingerprint density at radius 3 is 2.73 bits per heavy atom. The second-order valence-electron chi connectivity index (χ2n) is 5.55. The maximum atomic E-state index is 12.7. The smallest absolute Gasteiger partial charge is 0.375 e. The molecule has 2 heterocycles. The number of nitrogens with zero attached hydrogens (tertiary/aromatic N) is 2. The van der Waals surface area contributed by atoms with Gasteiger partial charge in [0.1, 0.15) is 6.54 Å². The van der Waals surface area contributed by atoms with E-state index in [9.17, 15) is 18.0 Å². The number of aromatic nitrogens is 1. The topological polar surface area (TPSA) is 42.4 Å². The van der Waals surface area contributed by atoms with Crippen LogP contribution >= 0.6 is 11.3 Å². The van der Waals surface area contributed by atoms with Crippen molar-refractivity contribution >= 4 is 22.4 Å². The Labute approximate surface area is 131 Å². The molecule has 0 aromatic carbocycles. The molecule has 0 N–H and O–H groups in total. The molecule has 1 aromatic rings. The Hall–Kier alpha value is -1.15. The fourth-order valence-electron chi connectivity index (χ4n) is 2.42. The van der Waals surface area contributed by atoms with E-state index in [0.29, 0.717) is 12.1 Å². The van der Waals surface area contributed by atoms with Crippen LogP contribution in [0.15, 0.2) is 5.38 Å². The Bertz CT molecular complexity index is 518. The van der Waals surface area contributed by atoms with Gasteiger partial charge in [-0.3, -0.25) is 9.69 Å². The summed E-state index contributed by atoms with van der Waals surface area (Å²) < 4.78 is 43.7. The third-order valence-corrected chi connectivity index (χ3v) is 4.46. The van der Waals surface area contributed by atoms with Gasteiger partial charge in [-0.15, -0.1) is 11.3 Å². The number of rotatable bonds is 5. The van der Waals surface area contributed by atoms with E-state index in [0.717, 1.165) is 29.1 Å². The summed E-state index contributed by atoms with van der Waals surface area (Å²) in [5.74, 6) is -0.560. The van der Waals surface area contributed by atoms with Crippen molar-refractivity contribution in [3.8, 4) is 0 Å². The molecule has 22 heavy (non-hydrogen) atoms. The molecule has 1 aliphatic heterocycles. The van der Waals surface area contributed by atoms with E-state index in [-0.39, 0.29) is 23.8 Å². The Balaban J connectivity index is 1.99. The van der Waals surface area contributed by atoms with Crippen molar-refractivity contribution in [2.45, 2.75) is 57.9 Å². The molecule has 0 unspecified atom stereocenters. The van der Waals surface area contributed by atoms with Gasteiger partial charge in [0.15, 0.2) is 5.13 Å². The number of hydrogen-bond acceptors (Lipinski definition) is 4. The van der Waals surface area contributed by atoms with Crippen molar-refractivity contribution in [3.63, 3.8) is 0 Å². The highest BCUT2D eigenvalue weighted by Gasteiger charge is 2.35. The first-order valence-corrected chi connectivity index (χ1v) is 8.07. The summed E-state index contributed by atoms with van der Waals surface area (Å²) in [6.45, 7) is 2.33. The predicted octanol–water partition coefficient (Wildman–Crippen LogP) is 3.69. The molecule has 2 rings (SSSR count). The van der Waals surface area contributed by atoms with E-state index in [1.54, 1.807) is 12.3 Å². The lowest BCUT2D eigenvalue weighted by molar-refractivity contribution is -0.132. The van der Waals surface area contributed by atoms with Crippen LogP contribution in [0.3, 0.4) is 0 Å². The highest BCUT2D eigenvalue weighted by molar-refractivity contribution is 7.14. The largest absolute Gasteiger partial charge is 0.406 e. The van der Waals surface area contributed by atoms with Gasteiger partial charge in [0, 0.05) is 11.8 Å². The van der Waals surface area contributed by atoms with Gasteiger partial charge in [-0.05, 0) is 33.1 Å². The molecular weight excluding hydrogens is 317 g/mol. The molecule has 0 spiro atoms. The zero-order chi connectivity index (χ0) is 16.3. The van der Waals surface area contributed by atoms with E-state index in [1.807, 2.05) is 6.92 Å². The molecule has 8 heteroatoms. The van der Waals surface area contributed by atoms with Crippen molar-refractivity contribution in [2.24, 2.45) is 0 Å². The minimum absolute atomic E-state index is 0.0338. The number of carbonyl (C=O) groups is 1. The molecule has 0 aliphatic carbocycles. The molecule has 2 atom stereocenters. The molecule has 1 fully saturated rings. The van der Waals surface area contributed by atoms with Gasteiger partial charge in [-0.25, -0.2) is 4.98 Å². The number of halogens is 3. The average molecular weight is 336 g/mol. The van der Waals surface area contributed by atoms with Gasteiger partial charge >= 0.3 is 6.18 Å². The summed E-state index contributed by atoms with van der Waals surface area (Å²) in [5.41, 5.74) is 0.605. The summed E-state index contributed by atoms with van der Waals surface area (Å²) in [4.78, 5) is 16.9. The van der Waals surface area contributed by atoms with Crippen molar-refractivity contribution in [1.29, 1.82) is 0 Å². The SMILES string of the molecule is Cc1csc(N(CC(F)(F)F)C(=O)CC[C@H]2CC[C@H](C)O2)n1. The number of aryl methyl sites for hydroxylation is 1. The fraction of sp³-hybridized carbons (Fsp3) is 0.714. The Morgan fingerprint density at radius 1 is 1.50 bits per heavy atom. The summed E-state index contributed by atoms with van der Waals surface area (Å²) in [7, 11) is 0. The van der Waals surface area contributed by atoms with Gasteiger partial charge in [-0.2, -0.15) is 13.2 Å². The lowest BCUT2D eigenvalue weighted by Crippen LogP contribution is -2.39. The predicted molar refractivity (Wildman–Crippen MR) is 78.1 cm³/mol. The van der Waals surface area contributed by atoms with E-state index >= 15 is 0 Å². The van der Waals surface area contributed by atoms with Crippen LogP contribution in [0.2, 0.25) is 0 Å². The van der Waals surface area contributed by atoms with Gasteiger partial charge in [0.25, 0.3) is 0 Å². The molecule has 1 amide bonds. The first-order valence-electron chi connectivity index (χ1n) is 7.19. The number of amides is 1. The minimum Gasteiger partial charge on any atom is -0.375 e. The van der Waals surface area contributed by atoms with Gasteiger partial charge < -0.3 is 4.74 Å². The zero-order valence-electron chi connectivity index (χ0n) is 12.5. The average Bonchev–Trinajstić information content (AvgIpc) is 3.01. The number of carbonyl (C=O) groups excluding carboxylic acids is 1. The van der Waals surface area contributed by atoms with E-state index in [1.165, 1.54) is 0 Å². The highest BCUT2D eigenvalue weighted by atomic mass is 32.1. The minimum atomic E-state index is -4.45. The summed E-state index contributed by atoms with van der Waals surface area (Å²) in [5, 5.41) is 1.73. The van der Waals surface area contributed by atoms with Crippen LogP contribution in [0.5, 0.6) is 0 Å². The summed E-state index contributed by atoms with van der Waals surface area (Å²) in [6, 6.07) is 0. The molecule has 0 radical (unpaired) electrons. The number of thiazole rings is 1. The van der Waals surface area contributed by atoms with Crippen LogP contribution in [0, 0.1) is 6.92 Å². The summed E-state index contributed by atoms with van der Waals surface area (Å²) >= 11 is 1.05. The molecule has 124 valence electrons. The van der Waals surface area contributed by atoms with Crippen LogP contribution in [0.4, 0.5) is 18.3 Å². The molecular formula is C14H19F3N2O2S. The number of anilines is 1. The van der Waals surface area contributed by atoms with Crippen LogP contribution in [0.25, 0.3) is 0 Å². The normalized spacial score (nSPS) is 22.0. The Kier molecular flexibility index (Phi) is 5.44. The van der Waals surface area contributed by atoms with Crippen LogP contribution in [-0.2, 0) is 9.53 Å². The van der Waals surface area contributed by atoms with Gasteiger partial charge in [0.2, 0.25) is 5.91 Å². The van der Waals surface area contributed by atoms with Crippen LogP contribution in [0.1, 0.15) is 38.3 Å². The van der Waals surface area contributed by atoms with Crippen molar-refractivity contribution in [1.82, 2.24) is 4.98 Å². The van der Waals surface area contributed by atoms with E-state index in [2.05, 4.69) is 4.98 Å². The quantitative estimate of drug-likeness (QED) is 0.823. The first-order chi connectivity index (χ1) is 10.2. The third kappa shape index (κ3) is 4.95. The maximum Gasteiger partial charge on any atom is 0.406 e. The summed E-state index contributed by atoms with van der Waals surface area (Å²) in [6.07, 6.45) is -2.07. The lowest BCUT2D eigenvalue weighted by atomic mass is 10.1. The monoisotopic (exact) mass is 336 g/mol. The van der Waals surface area contributed by atoms with Crippen molar-refractivity contribution < 1.29 is 22.7 Å². The highest BCUT2D eigenvalue weighted by Crippen LogP contribution is 2.27. The molecule has 0 bridgehead atoms.